The summed E-state index contributed by atoms with van der Waals surface area (Å²) in [6.45, 7) is 3.19. The molecule has 4 heteroatoms. The molecular weight excluding hydrogens is 156 g/mol. The summed E-state index contributed by atoms with van der Waals surface area (Å²) >= 11 is 0. The molecule has 1 fully saturated rings. The Labute approximate surface area is 72.5 Å². The number of rotatable bonds is 3. The predicted octanol–water partition coefficient (Wildman–Crippen LogP) is 0.470. The zero-order chi connectivity index (χ0) is 8.97. The lowest BCUT2D eigenvalue weighted by Crippen LogP contribution is -2.39. The number of nitrogens with two attached hydrogens (primary N) is 1. The standard InChI is InChI=1S/C8H16N2O2/c1-2-10-8(11)12-7-3-6(4-7)5-9/h6-7H,2-5,9H2,1H3,(H,10,11). The summed E-state index contributed by atoms with van der Waals surface area (Å²) in [7, 11) is 0. The van der Waals surface area contributed by atoms with Gasteiger partial charge < -0.3 is 15.8 Å². The molecule has 0 bridgehead atoms. The van der Waals surface area contributed by atoms with E-state index in [-0.39, 0.29) is 12.2 Å². The lowest BCUT2D eigenvalue weighted by Gasteiger charge is -2.33. The van der Waals surface area contributed by atoms with Crippen molar-refractivity contribution >= 4 is 6.09 Å². The fourth-order valence-electron chi connectivity index (χ4n) is 1.30. The molecule has 1 amide bonds. The summed E-state index contributed by atoms with van der Waals surface area (Å²) < 4.78 is 5.05. The van der Waals surface area contributed by atoms with Crippen LogP contribution in [0.1, 0.15) is 19.8 Å². The van der Waals surface area contributed by atoms with Crippen LogP contribution in [0.25, 0.3) is 0 Å². The van der Waals surface area contributed by atoms with Crippen LogP contribution >= 0.6 is 0 Å². The molecule has 1 aliphatic rings. The van der Waals surface area contributed by atoms with Crippen molar-refractivity contribution in [3.8, 4) is 0 Å². The van der Waals surface area contributed by atoms with Crippen LogP contribution in [0.15, 0.2) is 0 Å². The molecule has 70 valence electrons. The summed E-state index contributed by atoms with van der Waals surface area (Å²) in [6.07, 6.45) is 1.64. The van der Waals surface area contributed by atoms with Crippen LogP contribution in [0.3, 0.4) is 0 Å². The summed E-state index contributed by atoms with van der Waals surface area (Å²) in [5, 5.41) is 2.59. The second kappa shape index (κ2) is 4.30. The number of amides is 1. The molecule has 0 unspecified atom stereocenters. The lowest BCUT2D eigenvalue weighted by molar-refractivity contribution is 0.0205. The van der Waals surface area contributed by atoms with Crippen LogP contribution in [0.5, 0.6) is 0 Å². The van der Waals surface area contributed by atoms with Crippen molar-refractivity contribution in [2.75, 3.05) is 13.1 Å². The van der Waals surface area contributed by atoms with Gasteiger partial charge >= 0.3 is 6.09 Å². The van der Waals surface area contributed by atoms with Gasteiger partial charge in [-0.1, -0.05) is 0 Å². The number of alkyl carbamates (subject to hydrolysis) is 1. The zero-order valence-electron chi connectivity index (χ0n) is 7.38. The first-order chi connectivity index (χ1) is 5.76. The number of hydrogen-bond acceptors (Lipinski definition) is 3. The molecule has 0 aromatic heterocycles. The van der Waals surface area contributed by atoms with Crippen molar-refractivity contribution in [1.29, 1.82) is 0 Å². The Morgan fingerprint density at radius 1 is 1.67 bits per heavy atom. The summed E-state index contributed by atoms with van der Waals surface area (Å²) in [5.74, 6) is 0.560. The normalized spacial score (nSPS) is 27.5. The van der Waals surface area contributed by atoms with E-state index in [1.165, 1.54) is 0 Å². The maximum Gasteiger partial charge on any atom is 0.407 e. The van der Waals surface area contributed by atoms with Crippen LogP contribution in [0, 0.1) is 5.92 Å². The van der Waals surface area contributed by atoms with Crippen LogP contribution in [0.2, 0.25) is 0 Å². The van der Waals surface area contributed by atoms with E-state index in [4.69, 9.17) is 10.5 Å². The van der Waals surface area contributed by atoms with E-state index in [9.17, 15) is 4.79 Å². The summed E-state index contributed by atoms with van der Waals surface area (Å²) in [6, 6.07) is 0. The van der Waals surface area contributed by atoms with Gasteiger partial charge in [-0.25, -0.2) is 4.79 Å². The lowest BCUT2D eigenvalue weighted by atomic mass is 9.82. The average Bonchev–Trinajstić information content (AvgIpc) is 1.96. The van der Waals surface area contributed by atoms with Crippen molar-refractivity contribution in [2.45, 2.75) is 25.9 Å². The van der Waals surface area contributed by atoms with E-state index >= 15 is 0 Å². The Hall–Kier alpha value is -0.770. The van der Waals surface area contributed by atoms with E-state index < -0.39 is 0 Å². The summed E-state index contributed by atoms with van der Waals surface area (Å²) in [4.78, 5) is 10.9. The molecule has 0 aliphatic heterocycles. The first-order valence-corrected chi connectivity index (χ1v) is 4.40. The van der Waals surface area contributed by atoms with Gasteiger partial charge in [-0.05, 0) is 32.2 Å². The van der Waals surface area contributed by atoms with Crippen LogP contribution in [-0.2, 0) is 4.74 Å². The highest BCUT2D eigenvalue weighted by molar-refractivity contribution is 5.67. The third kappa shape index (κ3) is 2.37. The van der Waals surface area contributed by atoms with Crippen molar-refractivity contribution in [1.82, 2.24) is 5.32 Å². The van der Waals surface area contributed by atoms with E-state index in [1.54, 1.807) is 0 Å². The Balaban J connectivity index is 2.06. The smallest absolute Gasteiger partial charge is 0.407 e. The van der Waals surface area contributed by atoms with Crippen molar-refractivity contribution in [2.24, 2.45) is 11.7 Å². The maximum atomic E-state index is 10.9. The molecule has 0 atom stereocenters. The van der Waals surface area contributed by atoms with E-state index in [0.717, 1.165) is 12.8 Å². The Morgan fingerprint density at radius 3 is 2.83 bits per heavy atom. The van der Waals surface area contributed by atoms with Gasteiger partial charge in [-0.3, -0.25) is 0 Å². The van der Waals surface area contributed by atoms with Crippen LogP contribution < -0.4 is 11.1 Å². The molecule has 1 aliphatic carbocycles. The van der Waals surface area contributed by atoms with Gasteiger partial charge in [0, 0.05) is 6.54 Å². The molecule has 0 heterocycles. The van der Waals surface area contributed by atoms with Gasteiger partial charge in [-0.2, -0.15) is 0 Å². The van der Waals surface area contributed by atoms with Crippen molar-refractivity contribution in [3.63, 3.8) is 0 Å². The summed E-state index contributed by atoms with van der Waals surface area (Å²) in [5.41, 5.74) is 5.43. The molecule has 0 spiro atoms. The molecule has 1 rings (SSSR count). The minimum Gasteiger partial charge on any atom is -0.446 e. The first kappa shape index (κ1) is 9.32. The average molecular weight is 172 g/mol. The first-order valence-electron chi connectivity index (χ1n) is 4.40. The SMILES string of the molecule is CCNC(=O)OC1CC(CN)C1. The van der Waals surface area contributed by atoms with Gasteiger partial charge in [-0.15, -0.1) is 0 Å². The van der Waals surface area contributed by atoms with Gasteiger partial charge in [0.25, 0.3) is 0 Å². The van der Waals surface area contributed by atoms with Gasteiger partial charge in [0.1, 0.15) is 6.10 Å². The van der Waals surface area contributed by atoms with E-state index in [2.05, 4.69) is 5.32 Å². The largest absolute Gasteiger partial charge is 0.446 e. The number of carbonyl (C=O) groups is 1. The van der Waals surface area contributed by atoms with Gasteiger partial charge in [0.05, 0.1) is 0 Å². The molecule has 12 heavy (non-hydrogen) atoms. The topological polar surface area (TPSA) is 64.3 Å². The highest BCUT2D eigenvalue weighted by Crippen LogP contribution is 2.28. The van der Waals surface area contributed by atoms with Crippen LogP contribution in [-0.4, -0.2) is 25.3 Å². The molecule has 0 radical (unpaired) electrons. The Morgan fingerprint density at radius 2 is 2.33 bits per heavy atom. The molecule has 1 saturated carbocycles. The fraction of sp³-hybridized carbons (Fsp3) is 0.875. The predicted molar refractivity (Wildman–Crippen MR) is 45.7 cm³/mol. The minimum atomic E-state index is -0.307. The van der Waals surface area contributed by atoms with Gasteiger partial charge in [0.2, 0.25) is 0 Å². The Kier molecular flexibility index (Phi) is 3.34. The van der Waals surface area contributed by atoms with Crippen molar-refractivity contribution in [3.05, 3.63) is 0 Å². The number of ether oxygens (including phenoxy) is 1. The number of hydrogen-bond donors (Lipinski definition) is 2. The molecule has 0 saturated heterocycles. The maximum absolute atomic E-state index is 10.9. The van der Waals surface area contributed by atoms with Crippen LogP contribution in [0.4, 0.5) is 4.79 Å². The van der Waals surface area contributed by atoms with E-state index in [1.807, 2.05) is 6.92 Å². The highest BCUT2D eigenvalue weighted by Gasteiger charge is 2.30. The second-order valence-corrected chi connectivity index (χ2v) is 3.13. The molecule has 0 aromatic rings. The molecule has 0 aromatic carbocycles. The van der Waals surface area contributed by atoms with Crippen molar-refractivity contribution < 1.29 is 9.53 Å². The number of nitrogens with one attached hydrogen (secondary N) is 1. The Bertz CT molecular complexity index is 155. The second-order valence-electron chi connectivity index (χ2n) is 3.13. The zero-order valence-corrected chi connectivity index (χ0v) is 7.38. The molecule has 4 nitrogen and oxygen atoms in total. The molecule has 3 N–H and O–H groups in total. The quantitative estimate of drug-likeness (QED) is 0.650. The van der Waals surface area contributed by atoms with E-state index in [0.29, 0.717) is 19.0 Å². The monoisotopic (exact) mass is 172 g/mol. The third-order valence-electron chi connectivity index (χ3n) is 2.12. The molecular formula is C8H16N2O2. The fourth-order valence-corrected chi connectivity index (χ4v) is 1.30. The third-order valence-corrected chi connectivity index (χ3v) is 2.12. The van der Waals surface area contributed by atoms with Gasteiger partial charge in [0.15, 0.2) is 0 Å². The number of carbonyl (C=O) groups excluding carboxylic acids is 1. The minimum absolute atomic E-state index is 0.102. The highest BCUT2D eigenvalue weighted by atomic mass is 16.6.